The van der Waals surface area contributed by atoms with E-state index in [0.717, 1.165) is 22.3 Å². The molecule has 8 heteroatoms. The average Bonchev–Trinajstić information content (AvgIpc) is 3.24. The van der Waals surface area contributed by atoms with Crippen LogP contribution in [-0.2, 0) is 24.3 Å². The molecule has 5 rings (SSSR count). The van der Waals surface area contributed by atoms with Gasteiger partial charge in [-0.15, -0.1) is 0 Å². The van der Waals surface area contributed by atoms with Crippen molar-refractivity contribution in [2.45, 2.75) is 33.4 Å². The Morgan fingerprint density at radius 3 is 2.47 bits per heavy atom. The highest BCUT2D eigenvalue weighted by Gasteiger charge is 2.24. The molecule has 0 spiro atoms. The SMILES string of the molecule is CC(=O)Nc1cc(C(=O)N2CCc3ccc(C(=O)Nc4ccc5c(c4)C(=O)NC5)cc3C2)ccc1C. The third kappa shape index (κ3) is 4.57. The lowest BCUT2D eigenvalue weighted by atomic mass is 9.96. The van der Waals surface area contributed by atoms with Gasteiger partial charge in [-0.1, -0.05) is 18.2 Å². The molecular weight excluding hydrogens is 456 g/mol. The molecule has 0 atom stereocenters. The van der Waals surface area contributed by atoms with Crippen LogP contribution in [0.5, 0.6) is 0 Å². The molecule has 3 aromatic carbocycles. The van der Waals surface area contributed by atoms with Crippen LogP contribution in [0.25, 0.3) is 0 Å². The van der Waals surface area contributed by atoms with E-state index in [9.17, 15) is 19.2 Å². The fourth-order valence-corrected chi connectivity index (χ4v) is 4.63. The zero-order chi connectivity index (χ0) is 25.4. The Labute approximate surface area is 208 Å². The molecule has 3 N–H and O–H groups in total. The number of benzene rings is 3. The topological polar surface area (TPSA) is 108 Å². The van der Waals surface area contributed by atoms with Crippen molar-refractivity contribution >= 4 is 35.0 Å². The number of fused-ring (bicyclic) bond motifs is 2. The number of anilines is 2. The number of carbonyl (C=O) groups excluding carboxylic acids is 4. The van der Waals surface area contributed by atoms with Crippen LogP contribution < -0.4 is 16.0 Å². The van der Waals surface area contributed by atoms with E-state index in [-0.39, 0.29) is 23.6 Å². The van der Waals surface area contributed by atoms with Crippen LogP contribution in [0.2, 0.25) is 0 Å². The second kappa shape index (κ2) is 9.30. The van der Waals surface area contributed by atoms with Crippen molar-refractivity contribution in [1.82, 2.24) is 10.2 Å². The Morgan fingerprint density at radius 1 is 0.889 bits per heavy atom. The zero-order valence-corrected chi connectivity index (χ0v) is 20.1. The van der Waals surface area contributed by atoms with Gasteiger partial charge in [-0.2, -0.15) is 0 Å². The number of rotatable bonds is 4. The van der Waals surface area contributed by atoms with E-state index >= 15 is 0 Å². The molecule has 0 aromatic heterocycles. The molecule has 0 aliphatic carbocycles. The summed E-state index contributed by atoms with van der Waals surface area (Å²) < 4.78 is 0. The van der Waals surface area contributed by atoms with Gasteiger partial charge in [0.2, 0.25) is 5.91 Å². The summed E-state index contributed by atoms with van der Waals surface area (Å²) in [5, 5.41) is 8.40. The van der Waals surface area contributed by atoms with Crippen molar-refractivity contribution in [2.75, 3.05) is 17.2 Å². The number of carbonyl (C=O) groups is 4. The maximum absolute atomic E-state index is 13.2. The summed E-state index contributed by atoms with van der Waals surface area (Å²) in [5.41, 5.74) is 6.55. The van der Waals surface area contributed by atoms with Gasteiger partial charge in [0.1, 0.15) is 0 Å². The largest absolute Gasteiger partial charge is 0.348 e. The van der Waals surface area contributed by atoms with Crippen molar-refractivity contribution in [1.29, 1.82) is 0 Å². The molecule has 4 amide bonds. The normalized spacial score (nSPS) is 13.9. The van der Waals surface area contributed by atoms with Crippen LogP contribution in [0, 0.1) is 6.92 Å². The van der Waals surface area contributed by atoms with E-state index in [1.165, 1.54) is 6.92 Å². The highest BCUT2D eigenvalue weighted by molar-refractivity contribution is 6.06. The molecule has 3 aromatic rings. The molecule has 2 heterocycles. The summed E-state index contributed by atoms with van der Waals surface area (Å²) in [6.07, 6.45) is 0.688. The van der Waals surface area contributed by atoms with E-state index in [1.54, 1.807) is 35.2 Å². The van der Waals surface area contributed by atoms with Crippen molar-refractivity contribution in [3.05, 3.63) is 93.5 Å². The lowest BCUT2D eigenvalue weighted by Crippen LogP contribution is -2.36. The molecule has 0 saturated heterocycles. The van der Waals surface area contributed by atoms with Crippen molar-refractivity contribution in [2.24, 2.45) is 0 Å². The number of aryl methyl sites for hydroxylation is 1. The molecule has 182 valence electrons. The van der Waals surface area contributed by atoms with E-state index in [2.05, 4.69) is 16.0 Å². The second-order valence-electron chi connectivity index (χ2n) is 9.18. The Bertz CT molecular complexity index is 1430. The molecule has 8 nitrogen and oxygen atoms in total. The van der Waals surface area contributed by atoms with Crippen molar-refractivity contribution < 1.29 is 19.2 Å². The third-order valence-corrected chi connectivity index (χ3v) is 6.61. The summed E-state index contributed by atoms with van der Waals surface area (Å²) in [5.74, 6) is -0.738. The first kappa shape index (κ1) is 23.3. The average molecular weight is 483 g/mol. The van der Waals surface area contributed by atoms with E-state index in [1.807, 2.05) is 31.2 Å². The van der Waals surface area contributed by atoms with Crippen LogP contribution in [0.1, 0.15) is 60.3 Å². The standard InChI is InChI=1S/C28H26N4O4/c1-16-3-4-20(12-25(16)30-17(2)33)28(36)32-10-9-18-5-6-19(11-22(18)15-32)26(34)31-23-8-7-21-14-29-27(35)24(21)13-23/h3-8,11-13H,9-10,14-15H2,1-2H3,(H,29,35)(H,30,33)(H,31,34). The summed E-state index contributed by atoms with van der Waals surface area (Å²) in [7, 11) is 0. The maximum atomic E-state index is 13.2. The Morgan fingerprint density at radius 2 is 1.67 bits per heavy atom. The summed E-state index contributed by atoms with van der Waals surface area (Å²) in [6.45, 7) is 4.76. The lowest BCUT2D eigenvalue weighted by molar-refractivity contribution is -0.114. The number of hydrogen-bond donors (Lipinski definition) is 3. The first-order chi connectivity index (χ1) is 17.3. The minimum atomic E-state index is -0.280. The van der Waals surface area contributed by atoms with E-state index in [4.69, 9.17) is 0 Å². The Kier molecular flexibility index (Phi) is 6.01. The molecule has 0 bridgehead atoms. The van der Waals surface area contributed by atoms with Crippen LogP contribution in [0.3, 0.4) is 0 Å². The summed E-state index contributed by atoms with van der Waals surface area (Å²) >= 11 is 0. The predicted octanol–water partition coefficient (Wildman–Crippen LogP) is 3.65. The smallest absolute Gasteiger partial charge is 0.255 e. The van der Waals surface area contributed by atoms with Gasteiger partial charge in [0, 0.05) is 54.6 Å². The van der Waals surface area contributed by atoms with Gasteiger partial charge in [0.25, 0.3) is 17.7 Å². The molecular formula is C28H26N4O4. The molecule has 0 radical (unpaired) electrons. The molecule has 36 heavy (non-hydrogen) atoms. The quantitative estimate of drug-likeness (QED) is 0.528. The molecule has 0 saturated carbocycles. The van der Waals surface area contributed by atoms with Crippen LogP contribution in [-0.4, -0.2) is 35.1 Å². The van der Waals surface area contributed by atoms with Crippen molar-refractivity contribution in [3.63, 3.8) is 0 Å². The van der Waals surface area contributed by atoms with E-state index in [0.29, 0.717) is 54.1 Å². The predicted molar refractivity (Wildman–Crippen MR) is 136 cm³/mol. The first-order valence-electron chi connectivity index (χ1n) is 11.8. The molecule has 0 unspecified atom stereocenters. The highest BCUT2D eigenvalue weighted by Crippen LogP contribution is 2.25. The molecule has 0 fully saturated rings. The van der Waals surface area contributed by atoms with Gasteiger partial charge in [-0.05, 0) is 72.0 Å². The monoisotopic (exact) mass is 482 g/mol. The summed E-state index contributed by atoms with van der Waals surface area (Å²) in [6, 6.07) is 16.1. The van der Waals surface area contributed by atoms with E-state index < -0.39 is 0 Å². The van der Waals surface area contributed by atoms with Gasteiger partial charge >= 0.3 is 0 Å². The molecule has 2 aliphatic heterocycles. The number of nitrogens with one attached hydrogen (secondary N) is 3. The second-order valence-corrected chi connectivity index (χ2v) is 9.18. The lowest BCUT2D eigenvalue weighted by Gasteiger charge is -2.29. The maximum Gasteiger partial charge on any atom is 0.255 e. The first-order valence-corrected chi connectivity index (χ1v) is 11.8. The Balaban J connectivity index is 1.32. The minimum Gasteiger partial charge on any atom is -0.348 e. The number of nitrogens with zero attached hydrogens (tertiary/aromatic N) is 1. The fourth-order valence-electron chi connectivity index (χ4n) is 4.63. The highest BCUT2D eigenvalue weighted by atomic mass is 16.2. The van der Waals surface area contributed by atoms with Gasteiger partial charge in [0.15, 0.2) is 0 Å². The van der Waals surface area contributed by atoms with Crippen LogP contribution >= 0.6 is 0 Å². The van der Waals surface area contributed by atoms with Gasteiger partial charge in [-0.25, -0.2) is 0 Å². The zero-order valence-electron chi connectivity index (χ0n) is 20.1. The van der Waals surface area contributed by atoms with Crippen LogP contribution in [0.15, 0.2) is 54.6 Å². The summed E-state index contributed by atoms with van der Waals surface area (Å²) in [4.78, 5) is 51.4. The van der Waals surface area contributed by atoms with Crippen LogP contribution in [0.4, 0.5) is 11.4 Å². The van der Waals surface area contributed by atoms with Gasteiger partial charge in [0.05, 0.1) is 0 Å². The van der Waals surface area contributed by atoms with Gasteiger partial charge < -0.3 is 20.9 Å². The molecule has 2 aliphatic rings. The number of hydrogen-bond acceptors (Lipinski definition) is 4. The fraction of sp³-hybridized carbons (Fsp3) is 0.214. The number of amides is 4. The Hall–Kier alpha value is -4.46. The van der Waals surface area contributed by atoms with Gasteiger partial charge in [-0.3, -0.25) is 19.2 Å². The third-order valence-electron chi connectivity index (χ3n) is 6.61. The minimum absolute atomic E-state index is 0.126. The van der Waals surface area contributed by atoms with Crippen molar-refractivity contribution in [3.8, 4) is 0 Å².